The van der Waals surface area contributed by atoms with Gasteiger partial charge in [-0.05, 0) is 50.6 Å². The average molecular weight is 283 g/mol. The number of nitrogens with zero attached hydrogens (tertiary/aromatic N) is 1. The van der Waals surface area contributed by atoms with Gasteiger partial charge < -0.3 is 4.74 Å². The van der Waals surface area contributed by atoms with Gasteiger partial charge in [0.05, 0.1) is 7.11 Å². The summed E-state index contributed by atoms with van der Waals surface area (Å²) in [6.07, 6.45) is 1.05. The highest BCUT2D eigenvalue weighted by molar-refractivity contribution is 5.27. The van der Waals surface area contributed by atoms with E-state index in [0.717, 1.165) is 18.7 Å². The van der Waals surface area contributed by atoms with Crippen LogP contribution in [0.2, 0.25) is 0 Å². The van der Waals surface area contributed by atoms with Crippen molar-refractivity contribution in [3.8, 4) is 5.75 Å². The fraction of sp³-hybridized carbons (Fsp3) is 0.368. The Hall–Kier alpha value is -1.80. The minimum absolute atomic E-state index is 0.499. The molecule has 0 amide bonds. The van der Waals surface area contributed by atoms with Gasteiger partial charge in [-0.3, -0.25) is 4.90 Å². The molecule has 1 unspecified atom stereocenters. The molecule has 0 bridgehead atoms. The molecule has 0 saturated carbocycles. The molecule has 0 fully saturated rings. The zero-order chi connectivity index (χ0) is 15.2. The predicted molar refractivity (Wildman–Crippen MR) is 88.8 cm³/mol. The highest BCUT2D eigenvalue weighted by atomic mass is 16.5. The first kappa shape index (κ1) is 15.6. The van der Waals surface area contributed by atoms with E-state index in [-0.39, 0.29) is 0 Å². The summed E-state index contributed by atoms with van der Waals surface area (Å²) in [5, 5.41) is 0. The van der Waals surface area contributed by atoms with Crippen LogP contribution < -0.4 is 4.74 Å². The second kappa shape index (κ2) is 7.28. The van der Waals surface area contributed by atoms with E-state index in [1.807, 2.05) is 12.1 Å². The Morgan fingerprint density at radius 1 is 1.05 bits per heavy atom. The quantitative estimate of drug-likeness (QED) is 0.792. The van der Waals surface area contributed by atoms with Gasteiger partial charge in [0.25, 0.3) is 0 Å². The topological polar surface area (TPSA) is 12.5 Å². The molecule has 0 N–H and O–H groups in total. The summed E-state index contributed by atoms with van der Waals surface area (Å²) in [5.74, 6) is 0.916. The van der Waals surface area contributed by atoms with Gasteiger partial charge in [-0.25, -0.2) is 0 Å². The Morgan fingerprint density at radius 3 is 2.38 bits per heavy atom. The maximum atomic E-state index is 5.20. The van der Waals surface area contributed by atoms with E-state index in [2.05, 4.69) is 62.2 Å². The second-order valence-electron chi connectivity index (χ2n) is 5.81. The Kier molecular flexibility index (Phi) is 5.40. The van der Waals surface area contributed by atoms with Gasteiger partial charge >= 0.3 is 0 Å². The molecule has 2 nitrogen and oxygen atoms in total. The van der Waals surface area contributed by atoms with Crippen LogP contribution in [-0.2, 0) is 13.0 Å². The standard InChI is InChI=1S/C19H25NO/c1-15-6-5-7-18(12-15)14-20(3)16(2)13-17-8-10-19(21-4)11-9-17/h5-12,16H,13-14H2,1-4H3. The number of likely N-dealkylation sites (N-methyl/N-ethyl adjacent to an activating group) is 1. The molecule has 0 radical (unpaired) electrons. The van der Waals surface area contributed by atoms with Crippen molar-refractivity contribution < 1.29 is 4.74 Å². The number of hydrogen-bond donors (Lipinski definition) is 0. The minimum atomic E-state index is 0.499. The molecule has 0 spiro atoms. The zero-order valence-corrected chi connectivity index (χ0v) is 13.5. The van der Waals surface area contributed by atoms with Crippen molar-refractivity contribution in [1.29, 1.82) is 0 Å². The third kappa shape index (κ3) is 4.61. The predicted octanol–water partition coefficient (Wildman–Crippen LogP) is 4.07. The summed E-state index contributed by atoms with van der Waals surface area (Å²) in [5.41, 5.74) is 4.04. The first-order valence-electron chi connectivity index (χ1n) is 7.47. The zero-order valence-electron chi connectivity index (χ0n) is 13.5. The van der Waals surface area contributed by atoms with E-state index in [4.69, 9.17) is 4.74 Å². The van der Waals surface area contributed by atoms with Gasteiger partial charge in [0, 0.05) is 12.6 Å². The molecule has 21 heavy (non-hydrogen) atoms. The highest BCUT2D eigenvalue weighted by Crippen LogP contribution is 2.15. The van der Waals surface area contributed by atoms with Crippen molar-refractivity contribution in [1.82, 2.24) is 4.90 Å². The molecule has 2 rings (SSSR count). The van der Waals surface area contributed by atoms with Crippen molar-refractivity contribution >= 4 is 0 Å². The summed E-state index contributed by atoms with van der Waals surface area (Å²) in [6.45, 7) is 5.41. The van der Waals surface area contributed by atoms with Crippen LogP contribution in [0.3, 0.4) is 0 Å². The highest BCUT2D eigenvalue weighted by Gasteiger charge is 2.10. The molecule has 1 atom stereocenters. The maximum Gasteiger partial charge on any atom is 0.118 e. The van der Waals surface area contributed by atoms with Crippen LogP contribution in [0.5, 0.6) is 5.75 Å². The number of ether oxygens (including phenoxy) is 1. The van der Waals surface area contributed by atoms with Crippen LogP contribution in [0.1, 0.15) is 23.6 Å². The summed E-state index contributed by atoms with van der Waals surface area (Å²) in [4.78, 5) is 2.40. The fourth-order valence-electron chi connectivity index (χ4n) is 2.51. The van der Waals surface area contributed by atoms with Crippen molar-refractivity contribution in [3.63, 3.8) is 0 Å². The van der Waals surface area contributed by atoms with Crippen LogP contribution in [0.4, 0.5) is 0 Å². The van der Waals surface area contributed by atoms with Crippen LogP contribution in [-0.4, -0.2) is 25.1 Å². The lowest BCUT2D eigenvalue weighted by atomic mass is 10.0. The molecule has 0 aliphatic rings. The molecule has 0 heterocycles. The molecule has 0 aromatic heterocycles. The number of hydrogen-bond acceptors (Lipinski definition) is 2. The summed E-state index contributed by atoms with van der Waals surface area (Å²) in [7, 11) is 3.89. The molecule has 2 aromatic rings. The van der Waals surface area contributed by atoms with E-state index < -0.39 is 0 Å². The van der Waals surface area contributed by atoms with E-state index in [0.29, 0.717) is 6.04 Å². The van der Waals surface area contributed by atoms with Crippen LogP contribution in [0.25, 0.3) is 0 Å². The Morgan fingerprint density at radius 2 is 1.76 bits per heavy atom. The fourth-order valence-corrected chi connectivity index (χ4v) is 2.51. The van der Waals surface area contributed by atoms with Crippen LogP contribution in [0.15, 0.2) is 48.5 Å². The van der Waals surface area contributed by atoms with Crippen LogP contribution >= 0.6 is 0 Å². The number of benzene rings is 2. The molecular weight excluding hydrogens is 258 g/mol. The van der Waals surface area contributed by atoms with E-state index in [1.54, 1.807) is 7.11 Å². The average Bonchev–Trinajstić information content (AvgIpc) is 2.48. The second-order valence-corrected chi connectivity index (χ2v) is 5.81. The third-order valence-corrected chi connectivity index (χ3v) is 3.96. The van der Waals surface area contributed by atoms with Crippen LogP contribution in [0, 0.1) is 6.92 Å². The van der Waals surface area contributed by atoms with Gasteiger partial charge in [0.1, 0.15) is 5.75 Å². The number of rotatable bonds is 6. The lowest BCUT2D eigenvalue weighted by molar-refractivity contribution is 0.248. The lowest BCUT2D eigenvalue weighted by Crippen LogP contribution is -2.30. The molecule has 112 valence electrons. The molecule has 0 aliphatic heterocycles. The summed E-state index contributed by atoms with van der Waals surface area (Å²) < 4.78 is 5.20. The Balaban J connectivity index is 1.93. The monoisotopic (exact) mass is 283 g/mol. The summed E-state index contributed by atoms with van der Waals surface area (Å²) >= 11 is 0. The summed E-state index contributed by atoms with van der Waals surface area (Å²) in [6, 6.07) is 17.6. The van der Waals surface area contributed by atoms with Gasteiger partial charge in [0.2, 0.25) is 0 Å². The van der Waals surface area contributed by atoms with E-state index in [1.165, 1.54) is 16.7 Å². The van der Waals surface area contributed by atoms with Crippen molar-refractivity contribution in [3.05, 3.63) is 65.2 Å². The molecule has 0 aliphatic carbocycles. The van der Waals surface area contributed by atoms with Crippen molar-refractivity contribution in [2.24, 2.45) is 0 Å². The van der Waals surface area contributed by atoms with Gasteiger partial charge in [-0.1, -0.05) is 42.0 Å². The van der Waals surface area contributed by atoms with E-state index >= 15 is 0 Å². The first-order chi connectivity index (χ1) is 10.1. The minimum Gasteiger partial charge on any atom is -0.497 e. The maximum absolute atomic E-state index is 5.20. The van der Waals surface area contributed by atoms with Gasteiger partial charge in [-0.2, -0.15) is 0 Å². The number of methoxy groups -OCH3 is 1. The molecule has 2 heteroatoms. The Bertz CT molecular complexity index is 562. The molecule has 2 aromatic carbocycles. The van der Waals surface area contributed by atoms with Crippen molar-refractivity contribution in [2.45, 2.75) is 32.9 Å². The van der Waals surface area contributed by atoms with E-state index in [9.17, 15) is 0 Å². The third-order valence-electron chi connectivity index (χ3n) is 3.96. The van der Waals surface area contributed by atoms with Gasteiger partial charge in [0.15, 0.2) is 0 Å². The Labute approximate surface area is 128 Å². The smallest absolute Gasteiger partial charge is 0.118 e. The number of aryl methyl sites for hydroxylation is 1. The largest absolute Gasteiger partial charge is 0.497 e. The van der Waals surface area contributed by atoms with Crippen molar-refractivity contribution in [2.75, 3.05) is 14.2 Å². The lowest BCUT2D eigenvalue weighted by Gasteiger charge is -2.25. The van der Waals surface area contributed by atoms with Gasteiger partial charge in [-0.15, -0.1) is 0 Å². The first-order valence-corrected chi connectivity index (χ1v) is 7.47. The SMILES string of the molecule is COc1ccc(CC(C)N(C)Cc2cccc(C)c2)cc1. The molecule has 0 saturated heterocycles. The molecular formula is C19H25NO. The normalized spacial score (nSPS) is 12.4.